The van der Waals surface area contributed by atoms with E-state index >= 15 is 0 Å². The van der Waals surface area contributed by atoms with Crippen LogP contribution in [-0.4, -0.2) is 23.3 Å². The van der Waals surface area contributed by atoms with Gasteiger partial charge in [-0.05, 0) is 25.0 Å². The zero-order valence-corrected chi connectivity index (χ0v) is 10.4. The lowest BCUT2D eigenvalue weighted by molar-refractivity contribution is -0.384. The molecule has 0 unspecified atom stereocenters. The molecule has 0 aliphatic heterocycles. The van der Waals surface area contributed by atoms with Gasteiger partial charge in [0.15, 0.2) is 0 Å². The average molecular weight is 269 g/mol. The third kappa shape index (κ3) is 2.79. The summed E-state index contributed by atoms with van der Waals surface area (Å²) in [4.78, 5) is 21.8. The van der Waals surface area contributed by atoms with Crippen LogP contribution in [0.4, 0.5) is 5.69 Å². The summed E-state index contributed by atoms with van der Waals surface area (Å²) >= 11 is 5.81. The molecule has 0 atom stereocenters. The summed E-state index contributed by atoms with van der Waals surface area (Å²) in [5.41, 5.74) is 0.467. The number of nitro benzene ring substituents is 1. The van der Waals surface area contributed by atoms with Gasteiger partial charge in [-0.1, -0.05) is 0 Å². The van der Waals surface area contributed by atoms with Crippen molar-refractivity contribution in [2.24, 2.45) is 5.41 Å². The first-order chi connectivity index (χ1) is 8.56. The Balaban J connectivity index is 1.94. The summed E-state index contributed by atoms with van der Waals surface area (Å²) in [6.45, 7) is 0.562. The minimum Gasteiger partial charge on any atom is -0.351 e. The summed E-state index contributed by atoms with van der Waals surface area (Å²) in [6.07, 6.45) is 2.08. The molecule has 1 aliphatic rings. The molecule has 0 radical (unpaired) electrons. The SMILES string of the molecule is O=C(NCC1(CCl)CC1)c1ccc([N+](=O)[O-])cc1. The van der Waals surface area contributed by atoms with Gasteiger partial charge in [-0.25, -0.2) is 0 Å². The smallest absolute Gasteiger partial charge is 0.269 e. The van der Waals surface area contributed by atoms with Crippen LogP contribution in [0, 0.1) is 15.5 Å². The Morgan fingerprint density at radius 3 is 2.44 bits per heavy atom. The van der Waals surface area contributed by atoms with Crippen molar-refractivity contribution < 1.29 is 9.72 Å². The quantitative estimate of drug-likeness (QED) is 0.506. The first-order valence-corrected chi connectivity index (χ1v) is 6.18. The van der Waals surface area contributed by atoms with Gasteiger partial charge in [-0.2, -0.15) is 0 Å². The van der Waals surface area contributed by atoms with Gasteiger partial charge < -0.3 is 5.32 Å². The molecule has 0 heterocycles. The molecule has 1 fully saturated rings. The van der Waals surface area contributed by atoms with Gasteiger partial charge in [0.2, 0.25) is 0 Å². The minimum atomic E-state index is -0.492. The van der Waals surface area contributed by atoms with E-state index < -0.39 is 4.92 Å². The fraction of sp³-hybridized carbons (Fsp3) is 0.417. The number of hydrogen-bond donors (Lipinski definition) is 1. The maximum absolute atomic E-state index is 11.8. The number of carbonyl (C=O) groups is 1. The monoisotopic (exact) mass is 268 g/mol. The molecule has 1 aliphatic carbocycles. The Kier molecular flexibility index (Phi) is 3.52. The number of amides is 1. The van der Waals surface area contributed by atoms with Crippen LogP contribution in [-0.2, 0) is 0 Å². The maximum Gasteiger partial charge on any atom is 0.269 e. The molecule has 1 aromatic rings. The predicted octanol–water partition coefficient (Wildman–Crippen LogP) is 2.34. The van der Waals surface area contributed by atoms with Gasteiger partial charge in [0, 0.05) is 35.5 Å². The molecule has 0 spiro atoms. The normalized spacial score (nSPS) is 16.1. The number of halogens is 1. The van der Waals surface area contributed by atoms with Crippen molar-refractivity contribution in [3.63, 3.8) is 0 Å². The molecule has 0 bridgehead atoms. The highest BCUT2D eigenvalue weighted by molar-refractivity contribution is 6.18. The van der Waals surface area contributed by atoms with Crippen molar-refractivity contribution in [3.8, 4) is 0 Å². The number of nitro groups is 1. The van der Waals surface area contributed by atoms with Crippen molar-refractivity contribution in [1.29, 1.82) is 0 Å². The fourth-order valence-corrected chi connectivity index (χ4v) is 2.00. The summed E-state index contributed by atoms with van der Waals surface area (Å²) < 4.78 is 0. The molecule has 96 valence electrons. The van der Waals surface area contributed by atoms with E-state index in [9.17, 15) is 14.9 Å². The minimum absolute atomic E-state index is 0.0222. The van der Waals surface area contributed by atoms with E-state index in [1.807, 2.05) is 0 Å². The van der Waals surface area contributed by atoms with Gasteiger partial charge in [0.05, 0.1) is 4.92 Å². The van der Waals surface area contributed by atoms with Gasteiger partial charge in [0.1, 0.15) is 0 Å². The molecule has 1 amide bonds. The highest BCUT2D eigenvalue weighted by Crippen LogP contribution is 2.45. The number of nitrogens with one attached hydrogen (secondary N) is 1. The standard InChI is InChI=1S/C12H13ClN2O3/c13-7-12(5-6-12)8-14-11(16)9-1-3-10(4-2-9)15(17)18/h1-4H,5-8H2,(H,14,16). The number of alkyl halides is 1. The molecule has 18 heavy (non-hydrogen) atoms. The molecular formula is C12H13ClN2O3. The van der Waals surface area contributed by atoms with Crippen LogP contribution in [0.1, 0.15) is 23.2 Å². The summed E-state index contributed by atoms with van der Waals surface area (Å²) in [5.74, 6) is 0.328. The molecule has 1 aromatic carbocycles. The molecule has 2 rings (SSSR count). The molecule has 1 N–H and O–H groups in total. The molecule has 1 saturated carbocycles. The van der Waals surface area contributed by atoms with Crippen molar-refractivity contribution in [2.45, 2.75) is 12.8 Å². The summed E-state index contributed by atoms with van der Waals surface area (Å²) in [5, 5.41) is 13.3. The summed E-state index contributed by atoms with van der Waals surface area (Å²) in [7, 11) is 0. The van der Waals surface area contributed by atoms with Gasteiger partial charge in [-0.3, -0.25) is 14.9 Å². The van der Waals surface area contributed by atoms with Gasteiger partial charge >= 0.3 is 0 Å². The number of nitrogens with zero attached hydrogens (tertiary/aromatic N) is 1. The Bertz CT molecular complexity index is 469. The Morgan fingerprint density at radius 1 is 1.39 bits per heavy atom. The van der Waals surface area contributed by atoms with Gasteiger partial charge in [-0.15, -0.1) is 11.6 Å². The predicted molar refractivity (Wildman–Crippen MR) is 67.8 cm³/mol. The van der Waals surface area contributed by atoms with Crippen LogP contribution in [0.5, 0.6) is 0 Å². The van der Waals surface area contributed by atoms with E-state index in [2.05, 4.69) is 5.32 Å². The lowest BCUT2D eigenvalue weighted by Gasteiger charge is -2.12. The zero-order valence-electron chi connectivity index (χ0n) is 9.69. The summed E-state index contributed by atoms with van der Waals surface area (Å²) in [6, 6.07) is 5.55. The Hall–Kier alpha value is -1.62. The molecule has 0 saturated heterocycles. The van der Waals surface area contributed by atoms with Crippen LogP contribution < -0.4 is 5.32 Å². The number of benzene rings is 1. The van der Waals surface area contributed by atoms with Crippen molar-refractivity contribution in [2.75, 3.05) is 12.4 Å². The van der Waals surface area contributed by atoms with Crippen molar-refractivity contribution >= 4 is 23.2 Å². The third-order valence-electron chi connectivity index (χ3n) is 3.20. The Morgan fingerprint density at radius 2 is 2.00 bits per heavy atom. The van der Waals surface area contributed by atoms with Crippen LogP contribution in [0.3, 0.4) is 0 Å². The van der Waals surface area contributed by atoms with Crippen LogP contribution in [0.15, 0.2) is 24.3 Å². The first-order valence-electron chi connectivity index (χ1n) is 5.65. The van der Waals surface area contributed by atoms with E-state index in [4.69, 9.17) is 11.6 Å². The fourth-order valence-electron chi connectivity index (χ4n) is 1.64. The first kappa shape index (κ1) is 12.8. The van der Waals surface area contributed by atoms with Crippen LogP contribution in [0.25, 0.3) is 0 Å². The molecule has 0 aromatic heterocycles. The Labute approximate surface area is 109 Å². The third-order valence-corrected chi connectivity index (χ3v) is 3.77. The second-order valence-corrected chi connectivity index (χ2v) is 4.89. The number of carbonyl (C=O) groups excluding carboxylic acids is 1. The number of non-ortho nitro benzene ring substituents is 1. The number of hydrogen-bond acceptors (Lipinski definition) is 3. The maximum atomic E-state index is 11.8. The zero-order chi connectivity index (χ0) is 13.2. The lowest BCUT2D eigenvalue weighted by atomic mass is 10.1. The van der Waals surface area contributed by atoms with Crippen molar-refractivity contribution in [3.05, 3.63) is 39.9 Å². The van der Waals surface area contributed by atoms with E-state index in [1.165, 1.54) is 24.3 Å². The molecule has 5 nitrogen and oxygen atoms in total. The van der Waals surface area contributed by atoms with E-state index in [1.54, 1.807) is 0 Å². The topological polar surface area (TPSA) is 72.2 Å². The largest absolute Gasteiger partial charge is 0.351 e. The molecular weight excluding hydrogens is 256 g/mol. The lowest BCUT2D eigenvalue weighted by Crippen LogP contribution is -2.30. The van der Waals surface area contributed by atoms with Gasteiger partial charge in [0.25, 0.3) is 11.6 Å². The van der Waals surface area contributed by atoms with E-state index in [0.29, 0.717) is 18.0 Å². The second kappa shape index (κ2) is 4.94. The van der Waals surface area contributed by atoms with Crippen LogP contribution in [0.2, 0.25) is 0 Å². The van der Waals surface area contributed by atoms with Crippen LogP contribution >= 0.6 is 11.6 Å². The second-order valence-electron chi connectivity index (χ2n) is 4.62. The molecule has 6 heteroatoms. The number of rotatable bonds is 5. The van der Waals surface area contributed by atoms with E-state index in [0.717, 1.165) is 12.8 Å². The van der Waals surface area contributed by atoms with E-state index in [-0.39, 0.29) is 17.0 Å². The van der Waals surface area contributed by atoms with Crippen molar-refractivity contribution in [1.82, 2.24) is 5.32 Å². The average Bonchev–Trinajstić information content (AvgIpc) is 3.17. The highest BCUT2D eigenvalue weighted by Gasteiger charge is 2.41. The highest BCUT2D eigenvalue weighted by atomic mass is 35.5.